The Hall–Kier alpha value is -2.92. The molecule has 2 aliphatic rings. The molecule has 4 nitrogen and oxygen atoms in total. The van der Waals surface area contributed by atoms with Gasteiger partial charge in [0, 0.05) is 51.9 Å². The number of carbonyl (C=O) groups excluding carboxylic acids is 1. The molecule has 0 N–H and O–H groups in total. The van der Waals surface area contributed by atoms with Crippen LogP contribution in [0.5, 0.6) is 0 Å². The molecule has 0 atom stereocenters. The number of ether oxygens (including phenoxy) is 1. The van der Waals surface area contributed by atoms with Crippen molar-refractivity contribution in [2.75, 3.05) is 24.6 Å². The summed E-state index contributed by atoms with van der Waals surface area (Å²) in [5, 5.41) is 0. The van der Waals surface area contributed by atoms with E-state index in [1.807, 2.05) is 0 Å². The number of para-hydroxylation sites is 1. The van der Waals surface area contributed by atoms with Crippen molar-refractivity contribution in [2.45, 2.75) is 51.9 Å². The summed E-state index contributed by atoms with van der Waals surface area (Å²) in [5.41, 5.74) is 7.58. The first-order valence-corrected chi connectivity index (χ1v) is 13.5. The van der Waals surface area contributed by atoms with Crippen LogP contribution in [0, 0.1) is 0 Å². The molecule has 2 aliphatic heterocycles. The summed E-state index contributed by atoms with van der Waals surface area (Å²) < 4.78 is 8.41. The molecule has 0 radical (unpaired) electrons. The third-order valence-electron chi connectivity index (χ3n) is 7.41. The second kappa shape index (κ2) is 10.6. The monoisotopic (exact) mass is 547 g/mol. The number of likely N-dealkylation sites (N-methyl/N-ethyl adjacent to an activating group) is 1. The Balaban J connectivity index is 1.60. The largest absolute Gasteiger partial charge is 0.468 e. The molecule has 2 heterocycles. The minimum absolute atomic E-state index is 0.0621. The van der Waals surface area contributed by atoms with Gasteiger partial charge in [-0.05, 0) is 50.6 Å². The molecule has 0 bridgehead atoms. The van der Waals surface area contributed by atoms with Gasteiger partial charge in [-0.3, -0.25) is 4.79 Å². The van der Waals surface area contributed by atoms with Crippen molar-refractivity contribution in [3.05, 3.63) is 94.1 Å². The van der Waals surface area contributed by atoms with Crippen LogP contribution in [-0.4, -0.2) is 36.5 Å². The minimum Gasteiger partial charge on any atom is -0.468 e. The van der Waals surface area contributed by atoms with E-state index in [2.05, 4.69) is 133 Å². The van der Waals surface area contributed by atoms with Gasteiger partial charge >= 0.3 is 0 Å². The van der Waals surface area contributed by atoms with E-state index in [1.165, 1.54) is 33.9 Å². The fourth-order valence-corrected chi connectivity index (χ4v) is 5.94. The first kappa shape index (κ1) is 26.2. The quantitative estimate of drug-likeness (QED) is 0.144. The molecule has 0 saturated carbocycles. The van der Waals surface area contributed by atoms with E-state index in [4.69, 9.17) is 4.74 Å². The average molecular weight is 549 g/mol. The zero-order chi connectivity index (χ0) is 25.9. The highest BCUT2D eigenvalue weighted by Gasteiger charge is 2.43. The van der Waals surface area contributed by atoms with Gasteiger partial charge in [0.2, 0.25) is 5.69 Å². The average Bonchev–Trinajstić information content (AvgIpc) is 3.20. The van der Waals surface area contributed by atoms with Crippen molar-refractivity contribution in [3.63, 3.8) is 0 Å². The maximum absolute atomic E-state index is 10.6. The highest BCUT2D eigenvalue weighted by molar-refractivity contribution is 9.10. The van der Waals surface area contributed by atoms with Gasteiger partial charge < -0.3 is 9.64 Å². The SMILES string of the molecule is CCN1/C(=C/C=C/C=C/C2=[N+](CCCOC=O)c3ccccc3C2(C)C)C(C)(C)c2cc(Br)ccc21. The van der Waals surface area contributed by atoms with E-state index in [1.54, 1.807) is 0 Å². The van der Waals surface area contributed by atoms with E-state index in [-0.39, 0.29) is 10.8 Å². The number of hydrogen-bond acceptors (Lipinski definition) is 3. The number of hydrogen-bond donors (Lipinski definition) is 0. The van der Waals surface area contributed by atoms with Crippen LogP contribution in [0.2, 0.25) is 0 Å². The van der Waals surface area contributed by atoms with Gasteiger partial charge in [0.25, 0.3) is 6.47 Å². The Kier molecular flexibility index (Phi) is 7.70. The molecular weight excluding hydrogens is 512 g/mol. The minimum atomic E-state index is -0.105. The highest BCUT2D eigenvalue weighted by Crippen LogP contribution is 2.48. The molecule has 5 heteroatoms. The Bertz CT molecular complexity index is 1270. The van der Waals surface area contributed by atoms with Gasteiger partial charge in [0.05, 0.1) is 12.0 Å². The number of nitrogens with zero attached hydrogens (tertiary/aromatic N) is 2. The molecule has 2 aromatic carbocycles. The molecule has 0 aromatic heterocycles. The number of allylic oxidation sites excluding steroid dienone is 6. The van der Waals surface area contributed by atoms with Crippen molar-refractivity contribution in [1.29, 1.82) is 0 Å². The van der Waals surface area contributed by atoms with Crippen molar-refractivity contribution in [3.8, 4) is 0 Å². The van der Waals surface area contributed by atoms with Crippen molar-refractivity contribution >= 4 is 39.5 Å². The fourth-order valence-electron chi connectivity index (χ4n) is 5.58. The number of anilines is 1. The van der Waals surface area contributed by atoms with Crippen LogP contribution in [0.3, 0.4) is 0 Å². The smallest absolute Gasteiger partial charge is 0.293 e. The first-order valence-electron chi connectivity index (χ1n) is 12.7. The van der Waals surface area contributed by atoms with E-state index >= 15 is 0 Å². The third kappa shape index (κ3) is 4.73. The number of carbonyl (C=O) groups is 1. The van der Waals surface area contributed by atoms with Crippen LogP contribution in [0.25, 0.3) is 0 Å². The summed E-state index contributed by atoms with van der Waals surface area (Å²) in [6.07, 6.45) is 11.6. The van der Waals surface area contributed by atoms with Crippen LogP contribution in [0.15, 0.2) is 83.0 Å². The van der Waals surface area contributed by atoms with Crippen LogP contribution in [-0.2, 0) is 20.4 Å². The molecule has 0 unspecified atom stereocenters. The van der Waals surface area contributed by atoms with Gasteiger partial charge in [0.1, 0.15) is 0 Å². The van der Waals surface area contributed by atoms with Crippen LogP contribution >= 0.6 is 15.9 Å². The summed E-state index contributed by atoms with van der Waals surface area (Å²) in [7, 11) is 0. The lowest BCUT2D eigenvalue weighted by Gasteiger charge is -2.25. The van der Waals surface area contributed by atoms with Crippen LogP contribution < -0.4 is 4.90 Å². The molecule has 0 fully saturated rings. The lowest BCUT2D eigenvalue weighted by atomic mass is 9.81. The normalized spacial score (nSPS) is 18.9. The molecular formula is C31H36BrN2O2+. The lowest BCUT2D eigenvalue weighted by Crippen LogP contribution is -2.28. The van der Waals surface area contributed by atoms with E-state index in [0.29, 0.717) is 13.1 Å². The summed E-state index contributed by atoms with van der Waals surface area (Å²) in [6.45, 7) is 14.0. The Morgan fingerprint density at radius 2 is 1.78 bits per heavy atom. The van der Waals surface area contributed by atoms with Crippen molar-refractivity contribution < 1.29 is 14.1 Å². The molecule has 4 rings (SSSR count). The highest BCUT2D eigenvalue weighted by atomic mass is 79.9. The summed E-state index contributed by atoms with van der Waals surface area (Å²) in [5.74, 6) is 0. The van der Waals surface area contributed by atoms with Crippen molar-refractivity contribution in [1.82, 2.24) is 0 Å². The van der Waals surface area contributed by atoms with Gasteiger partial charge in [-0.1, -0.05) is 66.2 Å². The van der Waals surface area contributed by atoms with Gasteiger partial charge in [-0.2, -0.15) is 4.58 Å². The van der Waals surface area contributed by atoms with Gasteiger partial charge in [0.15, 0.2) is 12.3 Å². The summed E-state index contributed by atoms with van der Waals surface area (Å²) in [4.78, 5) is 13.0. The Morgan fingerprint density at radius 1 is 1.00 bits per heavy atom. The molecule has 0 amide bonds. The number of rotatable bonds is 9. The molecule has 0 spiro atoms. The molecule has 36 heavy (non-hydrogen) atoms. The van der Waals surface area contributed by atoms with Crippen molar-refractivity contribution in [2.24, 2.45) is 0 Å². The van der Waals surface area contributed by atoms with Gasteiger partial charge in [-0.25, -0.2) is 0 Å². The van der Waals surface area contributed by atoms with E-state index < -0.39 is 0 Å². The third-order valence-corrected chi connectivity index (χ3v) is 7.91. The zero-order valence-electron chi connectivity index (χ0n) is 21.9. The summed E-state index contributed by atoms with van der Waals surface area (Å²) in [6, 6.07) is 15.1. The second-order valence-electron chi connectivity index (χ2n) is 10.3. The number of fused-ring (bicyclic) bond motifs is 2. The fraction of sp³-hybridized carbons (Fsp3) is 0.355. The molecule has 188 valence electrons. The Morgan fingerprint density at radius 3 is 2.53 bits per heavy atom. The van der Waals surface area contributed by atoms with E-state index in [0.717, 1.165) is 24.0 Å². The van der Waals surface area contributed by atoms with Crippen LogP contribution in [0.4, 0.5) is 11.4 Å². The molecule has 0 saturated heterocycles. The molecule has 2 aromatic rings. The summed E-state index contributed by atoms with van der Waals surface area (Å²) >= 11 is 3.64. The first-order chi connectivity index (χ1) is 17.2. The standard InChI is InChI=1S/C31H36BrN2O2/c1-6-33-27-18-17-23(32)21-25(27)31(4,5)28(33)15-8-7-9-16-29-30(2,3)24-13-10-11-14-26(24)34(29)19-12-20-36-22-35/h7-11,13-18,21-22H,6,12,19-20H2,1-5H3/q+1. The van der Waals surface area contributed by atoms with E-state index in [9.17, 15) is 4.79 Å². The predicted molar refractivity (Wildman–Crippen MR) is 152 cm³/mol. The topological polar surface area (TPSA) is 32.5 Å². The second-order valence-corrected chi connectivity index (χ2v) is 11.2. The maximum atomic E-state index is 10.6. The lowest BCUT2D eigenvalue weighted by molar-refractivity contribution is -0.438. The molecule has 0 aliphatic carbocycles. The number of benzene rings is 2. The zero-order valence-corrected chi connectivity index (χ0v) is 23.5. The Labute approximate surface area is 223 Å². The van der Waals surface area contributed by atoms with Gasteiger partial charge in [-0.15, -0.1) is 0 Å². The number of halogens is 1. The predicted octanol–water partition coefficient (Wildman–Crippen LogP) is 7.20. The maximum Gasteiger partial charge on any atom is 0.293 e. The van der Waals surface area contributed by atoms with Crippen LogP contribution in [0.1, 0.15) is 52.2 Å².